The van der Waals surface area contributed by atoms with E-state index in [1.165, 1.54) is 5.56 Å². The summed E-state index contributed by atoms with van der Waals surface area (Å²) in [5, 5.41) is 3.13. The number of halogens is 1. The summed E-state index contributed by atoms with van der Waals surface area (Å²) in [5.41, 5.74) is 4.69. The Morgan fingerprint density at radius 3 is 2.81 bits per heavy atom. The molecule has 0 heterocycles. The number of nitrogens with one attached hydrogen (secondary N) is 2. The highest BCUT2D eigenvalue weighted by Crippen LogP contribution is 2.23. The van der Waals surface area contributed by atoms with E-state index in [-0.39, 0.29) is 0 Å². The van der Waals surface area contributed by atoms with Crippen LogP contribution >= 0.6 is 15.9 Å². The monoisotopic (exact) mass is 284 g/mol. The molecule has 0 unspecified atom stereocenters. The fourth-order valence-corrected chi connectivity index (χ4v) is 1.79. The lowest BCUT2D eigenvalue weighted by Gasteiger charge is -2.11. The molecule has 0 atom stereocenters. The highest BCUT2D eigenvalue weighted by molar-refractivity contribution is 9.10. The summed E-state index contributed by atoms with van der Waals surface area (Å²) in [6.07, 6.45) is 0.988. The molecule has 0 saturated carbocycles. The van der Waals surface area contributed by atoms with Gasteiger partial charge in [-0.15, -0.1) is 0 Å². The first-order valence-corrected chi connectivity index (χ1v) is 6.01. The van der Waals surface area contributed by atoms with Gasteiger partial charge in [0.15, 0.2) is 0 Å². The van der Waals surface area contributed by atoms with Gasteiger partial charge in [-0.1, -0.05) is 13.0 Å². The van der Waals surface area contributed by atoms with Crippen LogP contribution in [0.15, 0.2) is 27.7 Å². The van der Waals surface area contributed by atoms with E-state index < -0.39 is 0 Å². The van der Waals surface area contributed by atoms with Crippen LogP contribution in [0.4, 0.5) is 5.69 Å². The molecule has 4 nitrogen and oxygen atoms in total. The fourth-order valence-electron chi connectivity index (χ4n) is 1.19. The summed E-state index contributed by atoms with van der Waals surface area (Å²) in [4.78, 5) is 4.27. The Hall–Kier alpha value is -1.07. The second kappa shape index (κ2) is 6.50. The maximum atomic E-state index is 5.38. The quantitative estimate of drug-likeness (QED) is 0.346. The number of nitrogens with zero attached hydrogens (tertiary/aromatic N) is 1. The Kier molecular flexibility index (Phi) is 5.28. The number of benzene rings is 1. The molecule has 0 bridgehead atoms. The van der Waals surface area contributed by atoms with E-state index in [9.17, 15) is 0 Å². The van der Waals surface area contributed by atoms with Crippen LogP contribution in [-0.4, -0.2) is 12.5 Å². The number of guanidine groups is 1. The fraction of sp³-hybridized carbons (Fsp3) is 0.364. The SMILES string of the molecule is CCCN=C(NN)Nc1ccc(C)cc1Br. The Morgan fingerprint density at radius 2 is 2.25 bits per heavy atom. The Balaban J connectivity index is 2.78. The van der Waals surface area contributed by atoms with Crippen molar-refractivity contribution in [1.29, 1.82) is 0 Å². The molecule has 5 heteroatoms. The van der Waals surface area contributed by atoms with Gasteiger partial charge in [0.25, 0.3) is 0 Å². The Morgan fingerprint density at radius 1 is 1.50 bits per heavy atom. The largest absolute Gasteiger partial charge is 0.324 e. The van der Waals surface area contributed by atoms with Gasteiger partial charge in [-0.3, -0.25) is 10.4 Å². The van der Waals surface area contributed by atoms with Crippen LogP contribution in [0.25, 0.3) is 0 Å². The van der Waals surface area contributed by atoms with Gasteiger partial charge < -0.3 is 5.32 Å². The van der Waals surface area contributed by atoms with Gasteiger partial charge in [-0.25, -0.2) is 5.84 Å². The molecule has 0 fully saturated rings. The van der Waals surface area contributed by atoms with Gasteiger partial charge in [0.05, 0.1) is 5.69 Å². The van der Waals surface area contributed by atoms with E-state index in [1.807, 2.05) is 25.1 Å². The van der Waals surface area contributed by atoms with Crippen molar-refractivity contribution in [1.82, 2.24) is 5.43 Å². The van der Waals surface area contributed by atoms with Gasteiger partial charge in [-0.05, 0) is 47.0 Å². The zero-order valence-corrected chi connectivity index (χ0v) is 11.1. The van der Waals surface area contributed by atoms with Crippen molar-refractivity contribution in [2.75, 3.05) is 11.9 Å². The minimum absolute atomic E-state index is 0.575. The van der Waals surface area contributed by atoms with Crippen molar-refractivity contribution in [2.24, 2.45) is 10.8 Å². The summed E-state index contributed by atoms with van der Waals surface area (Å²) in [6, 6.07) is 6.05. The van der Waals surface area contributed by atoms with Crippen LogP contribution in [0.2, 0.25) is 0 Å². The van der Waals surface area contributed by atoms with Crippen molar-refractivity contribution in [2.45, 2.75) is 20.3 Å². The Bertz CT molecular complexity index is 376. The number of aryl methyl sites for hydroxylation is 1. The molecule has 0 saturated heterocycles. The van der Waals surface area contributed by atoms with Crippen LogP contribution < -0.4 is 16.6 Å². The van der Waals surface area contributed by atoms with Gasteiger partial charge in [-0.2, -0.15) is 0 Å². The Labute approximate surface area is 104 Å². The molecular formula is C11H17BrN4. The molecule has 0 radical (unpaired) electrons. The number of aliphatic imine (C=N–C) groups is 1. The third-order valence-electron chi connectivity index (χ3n) is 2.01. The molecular weight excluding hydrogens is 268 g/mol. The summed E-state index contributed by atoms with van der Waals surface area (Å²) in [5.74, 6) is 5.96. The van der Waals surface area contributed by atoms with Crippen molar-refractivity contribution in [3.05, 3.63) is 28.2 Å². The number of rotatable bonds is 3. The average Bonchev–Trinajstić information content (AvgIpc) is 2.27. The lowest BCUT2D eigenvalue weighted by atomic mass is 10.2. The van der Waals surface area contributed by atoms with E-state index >= 15 is 0 Å². The molecule has 0 aliphatic heterocycles. The number of hydrazine groups is 1. The maximum absolute atomic E-state index is 5.38. The zero-order valence-electron chi connectivity index (χ0n) is 9.55. The first-order chi connectivity index (χ1) is 7.67. The highest BCUT2D eigenvalue weighted by atomic mass is 79.9. The summed E-state index contributed by atoms with van der Waals surface area (Å²) < 4.78 is 0.993. The van der Waals surface area contributed by atoms with Crippen molar-refractivity contribution < 1.29 is 0 Å². The number of nitrogens with two attached hydrogens (primary N) is 1. The molecule has 4 N–H and O–H groups in total. The van der Waals surface area contributed by atoms with Crippen molar-refractivity contribution in [3.8, 4) is 0 Å². The van der Waals surface area contributed by atoms with Crippen LogP contribution in [0.3, 0.4) is 0 Å². The minimum Gasteiger partial charge on any atom is -0.324 e. The van der Waals surface area contributed by atoms with Crippen LogP contribution in [0, 0.1) is 6.92 Å². The summed E-state index contributed by atoms with van der Waals surface area (Å²) in [6.45, 7) is 4.86. The molecule has 1 rings (SSSR count). The molecule has 1 aromatic carbocycles. The predicted molar refractivity (Wildman–Crippen MR) is 72.4 cm³/mol. The third-order valence-corrected chi connectivity index (χ3v) is 2.66. The van der Waals surface area contributed by atoms with Crippen LogP contribution in [-0.2, 0) is 0 Å². The van der Waals surface area contributed by atoms with Crippen LogP contribution in [0.5, 0.6) is 0 Å². The highest BCUT2D eigenvalue weighted by Gasteiger charge is 2.02. The smallest absolute Gasteiger partial charge is 0.210 e. The number of anilines is 1. The first kappa shape index (κ1) is 13.0. The maximum Gasteiger partial charge on any atom is 0.210 e. The van der Waals surface area contributed by atoms with E-state index in [0.717, 1.165) is 23.1 Å². The predicted octanol–water partition coefficient (Wildman–Crippen LogP) is 2.40. The minimum atomic E-state index is 0.575. The van der Waals surface area contributed by atoms with E-state index in [1.54, 1.807) is 0 Å². The number of hydrogen-bond acceptors (Lipinski definition) is 2. The lowest BCUT2D eigenvalue weighted by molar-refractivity contribution is 0.905. The van der Waals surface area contributed by atoms with Gasteiger partial charge in [0, 0.05) is 11.0 Å². The van der Waals surface area contributed by atoms with Gasteiger partial charge >= 0.3 is 0 Å². The second-order valence-corrected chi connectivity index (χ2v) is 4.34. The molecule has 88 valence electrons. The normalized spacial score (nSPS) is 11.4. The second-order valence-electron chi connectivity index (χ2n) is 3.48. The van der Waals surface area contributed by atoms with Crippen molar-refractivity contribution in [3.63, 3.8) is 0 Å². The topological polar surface area (TPSA) is 62.4 Å². The van der Waals surface area contributed by atoms with Gasteiger partial charge in [0.2, 0.25) is 5.96 Å². The van der Waals surface area contributed by atoms with E-state index in [2.05, 4.69) is 38.6 Å². The van der Waals surface area contributed by atoms with Gasteiger partial charge in [0.1, 0.15) is 0 Å². The molecule has 0 amide bonds. The average molecular weight is 285 g/mol. The summed E-state index contributed by atoms with van der Waals surface area (Å²) >= 11 is 3.49. The van der Waals surface area contributed by atoms with Crippen LogP contribution in [0.1, 0.15) is 18.9 Å². The third kappa shape index (κ3) is 3.83. The molecule has 16 heavy (non-hydrogen) atoms. The molecule has 0 spiro atoms. The molecule has 0 aromatic heterocycles. The number of hydrogen-bond donors (Lipinski definition) is 3. The summed E-state index contributed by atoms with van der Waals surface area (Å²) in [7, 11) is 0. The van der Waals surface area contributed by atoms with E-state index in [0.29, 0.717) is 5.96 Å². The standard InChI is InChI=1S/C11H17BrN4/c1-3-6-14-11(16-13)15-10-5-4-8(2)7-9(10)12/h4-5,7H,3,6,13H2,1-2H3,(H2,14,15,16). The van der Waals surface area contributed by atoms with E-state index in [4.69, 9.17) is 5.84 Å². The van der Waals surface area contributed by atoms with Crippen molar-refractivity contribution >= 4 is 27.6 Å². The molecule has 1 aromatic rings. The lowest BCUT2D eigenvalue weighted by Crippen LogP contribution is -2.36. The molecule has 0 aliphatic carbocycles. The first-order valence-electron chi connectivity index (χ1n) is 5.21. The zero-order chi connectivity index (χ0) is 12.0. The molecule has 0 aliphatic rings.